The normalized spacial score (nSPS) is 13.8. The highest BCUT2D eigenvalue weighted by molar-refractivity contribution is 5.95. The summed E-state index contributed by atoms with van der Waals surface area (Å²) in [7, 11) is 0. The van der Waals surface area contributed by atoms with E-state index in [1.807, 2.05) is 0 Å². The number of carboxylic acids is 2. The van der Waals surface area contributed by atoms with E-state index < -0.39 is 72.6 Å². The Kier molecular flexibility index (Phi) is 11.3. The summed E-state index contributed by atoms with van der Waals surface area (Å²) in [6.07, 6.45) is 3.13. The Hall–Kier alpha value is -5.25. The third-order valence-electron chi connectivity index (χ3n) is 6.64. The largest absolute Gasteiger partial charge is 0.481 e. The first-order chi connectivity index (χ1) is 20.4. The number of imidazole rings is 1. The third-order valence-corrected chi connectivity index (χ3v) is 6.64. The van der Waals surface area contributed by atoms with Gasteiger partial charge in [-0.1, -0.05) is 18.2 Å². The van der Waals surface area contributed by atoms with Crippen molar-refractivity contribution in [1.82, 2.24) is 30.9 Å². The molecule has 0 radical (unpaired) electrons. The van der Waals surface area contributed by atoms with Crippen LogP contribution in [0, 0.1) is 0 Å². The molecule has 0 saturated heterocycles. The summed E-state index contributed by atoms with van der Waals surface area (Å²) in [5.74, 6) is -5.89. The van der Waals surface area contributed by atoms with Gasteiger partial charge in [-0.3, -0.25) is 24.0 Å². The molecule has 0 aliphatic carbocycles. The van der Waals surface area contributed by atoms with Crippen molar-refractivity contribution < 1.29 is 39.0 Å². The maximum Gasteiger partial charge on any atom is 0.326 e. The predicted molar refractivity (Wildman–Crippen MR) is 151 cm³/mol. The van der Waals surface area contributed by atoms with Crippen molar-refractivity contribution in [1.29, 1.82) is 0 Å². The molecule has 16 nitrogen and oxygen atoms in total. The lowest BCUT2D eigenvalue weighted by Gasteiger charge is -2.25. The summed E-state index contributed by atoms with van der Waals surface area (Å²) < 4.78 is 0. The van der Waals surface area contributed by atoms with Gasteiger partial charge in [0.05, 0.1) is 12.4 Å². The minimum absolute atomic E-state index is 0.0779. The van der Waals surface area contributed by atoms with Crippen molar-refractivity contribution in [2.75, 3.05) is 0 Å². The topological polar surface area (TPSA) is 275 Å². The molecule has 2 heterocycles. The molecule has 3 rings (SSSR count). The molecule has 0 aliphatic rings. The number of nitrogens with two attached hydrogens (primary N) is 2. The smallest absolute Gasteiger partial charge is 0.326 e. The quantitative estimate of drug-likeness (QED) is 0.0883. The fourth-order valence-corrected chi connectivity index (χ4v) is 4.36. The van der Waals surface area contributed by atoms with Gasteiger partial charge in [0, 0.05) is 54.7 Å². The number of benzene rings is 1. The predicted octanol–water partition coefficient (Wildman–Crippen LogP) is -1.33. The summed E-state index contributed by atoms with van der Waals surface area (Å²) in [6.45, 7) is 0. The molecule has 0 spiro atoms. The van der Waals surface area contributed by atoms with Gasteiger partial charge in [-0.25, -0.2) is 9.78 Å². The molecule has 43 heavy (non-hydrogen) atoms. The number of fused-ring (bicyclic) bond motifs is 1. The van der Waals surface area contributed by atoms with Crippen molar-refractivity contribution in [2.45, 2.75) is 62.7 Å². The van der Waals surface area contributed by atoms with E-state index in [0.717, 1.165) is 10.9 Å². The number of rotatable bonds is 17. The number of hydrogen-bond donors (Lipinski definition) is 9. The van der Waals surface area contributed by atoms with Gasteiger partial charge in [0.15, 0.2) is 0 Å². The maximum absolute atomic E-state index is 13.5. The van der Waals surface area contributed by atoms with Crippen LogP contribution in [0.4, 0.5) is 0 Å². The van der Waals surface area contributed by atoms with Gasteiger partial charge in [-0.2, -0.15) is 0 Å². The number of aromatic nitrogens is 3. The molecule has 2 aromatic heterocycles. The Morgan fingerprint density at radius 3 is 2.14 bits per heavy atom. The van der Waals surface area contributed by atoms with Crippen LogP contribution in [0.15, 0.2) is 43.0 Å². The summed E-state index contributed by atoms with van der Waals surface area (Å²) in [5.41, 5.74) is 13.2. The lowest BCUT2D eigenvalue weighted by atomic mass is 10.0. The van der Waals surface area contributed by atoms with Crippen LogP contribution in [0.25, 0.3) is 10.9 Å². The second kappa shape index (κ2) is 15.1. The number of nitrogens with zero attached hydrogens (tertiary/aromatic N) is 1. The number of carbonyl (C=O) groups is 6. The third kappa shape index (κ3) is 9.67. The number of nitrogens with one attached hydrogen (secondary N) is 5. The monoisotopic (exact) mass is 598 g/mol. The second-order valence-electron chi connectivity index (χ2n) is 9.91. The molecule has 0 fully saturated rings. The summed E-state index contributed by atoms with van der Waals surface area (Å²) in [6, 6.07) is 1.87. The highest BCUT2D eigenvalue weighted by Crippen LogP contribution is 2.19. The first-order valence-electron chi connectivity index (χ1n) is 13.4. The molecule has 4 unspecified atom stereocenters. The summed E-state index contributed by atoms with van der Waals surface area (Å²) >= 11 is 0. The minimum atomic E-state index is -1.54. The van der Waals surface area contributed by atoms with E-state index in [1.54, 1.807) is 30.5 Å². The van der Waals surface area contributed by atoms with E-state index >= 15 is 0 Å². The van der Waals surface area contributed by atoms with Crippen molar-refractivity contribution in [3.05, 3.63) is 54.2 Å². The van der Waals surface area contributed by atoms with Crippen LogP contribution in [0.5, 0.6) is 0 Å². The van der Waals surface area contributed by atoms with Crippen LogP contribution in [0.3, 0.4) is 0 Å². The van der Waals surface area contributed by atoms with Crippen LogP contribution >= 0.6 is 0 Å². The van der Waals surface area contributed by atoms with Crippen LogP contribution in [-0.2, 0) is 41.6 Å². The Balaban J connectivity index is 1.83. The fourth-order valence-electron chi connectivity index (χ4n) is 4.36. The van der Waals surface area contributed by atoms with E-state index in [2.05, 4.69) is 30.9 Å². The highest BCUT2D eigenvalue weighted by atomic mass is 16.4. The molecule has 4 atom stereocenters. The number of amides is 4. The number of aromatic amines is 2. The van der Waals surface area contributed by atoms with Gasteiger partial charge in [-0.05, 0) is 24.5 Å². The molecular weight excluding hydrogens is 564 g/mol. The average molecular weight is 599 g/mol. The van der Waals surface area contributed by atoms with E-state index in [1.165, 1.54) is 12.5 Å². The highest BCUT2D eigenvalue weighted by Gasteiger charge is 2.31. The van der Waals surface area contributed by atoms with Crippen molar-refractivity contribution in [3.63, 3.8) is 0 Å². The molecular formula is C27H34N8O8. The van der Waals surface area contributed by atoms with E-state index in [0.29, 0.717) is 11.3 Å². The Bertz CT molecular complexity index is 1450. The van der Waals surface area contributed by atoms with Gasteiger partial charge in [-0.15, -0.1) is 0 Å². The van der Waals surface area contributed by atoms with Crippen LogP contribution in [0.1, 0.15) is 36.9 Å². The maximum atomic E-state index is 13.5. The number of para-hydroxylation sites is 1. The van der Waals surface area contributed by atoms with Crippen LogP contribution in [0.2, 0.25) is 0 Å². The number of carbonyl (C=O) groups excluding carboxylic acids is 4. The van der Waals surface area contributed by atoms with E-state index in [9.17, 15) is 33.9 Å². The molecule has 16 heteroatoms. The second-order valence-corrected chi connectivity index (χ2v) is 9.91. The van der Waals surface area contributed by atoms with Crippen molar-refractivity contribution in [3.8, 4) is 0 Å². The van der Waals surface area contributed by atoms with Crippen molar-refractivity contribution >= 4 is 46.5 Å². The fraction of sp³-hybridized carbons (Fsp3) is 0.370. The number of aliphatic carboxylic acids is 2. The Morgan fingerprint density at radius 1 is 0.837 bits per heavy atom. The van der Waals surface area contributed by atoms with E-state index in [-0.39, 0.29) is 25.7 Å². The van der Waals surface area contributed by atoms with Gasteiger partial charge in [0.25, 0.3) is 0 Å². The van der Waals surface area contributed by atoms with Gasteiger partial charge >= 0.3 is 11.9 Å². The van der Waals surface area contributed by atoms with Gasteiger partial charge in [0.1, 0.15) is 18.1 Å². The zero-order valence-electron chi connectivity index (χ0n) is 23.0. The number of carboxylic acid groups (broad SMARTS) is 2. The summed E-state index contributed by atoms with van der Waals surface area (Å²) in [5, 5.41) is 26.6. The molecule has 0 aliphatic heterocycles. The Labute approximate surface area is 245 Å². The standard InChI is InChI=1S/C27H34N8O8/c28-17(10-15-12-30-13-32-15)24(39)33-19(5-7-22(29)36)25(40)35-21(9-14-11-31-18-4-2-1-3-16(14)18)26(41)34-20(27(42)43)6-8-23(37)38/h1-4,11-13,17,19-21,31H,5-10,28H2,(H2,29,36)(H,30,32)(H,33,39)(H,34,41)(H,35,40)(H,37,38)(H,42,43). The van der Waals surface area contributed by atoms with Crippen LogP contribution < -0.4 is 27.4 Å². The van der Waals surface area contributed by atoms with Crippen LogP contribution in [-0.4, -0.2) is 84.9 Å². The molecule has 230 valence electrons. The molecule has 11 N–H and O–H groups in total. The number of primary amides is 1. The first-order valence-corrected chi connectivity index (χ1v) is 13.4. The molecule has 1 aromatic carbocycles. The number of hydrogen-bond acceptors (Lipinski definition) is 8. The molecule has 0 bridgehead atoms. The lowest BCUT2D eigenvalue weighted by Crippen LogP contribution is -2.58. The number of H-pyrrole nitrogens is 2. The van der Waals surface area contributed by atoms with Crippen molar-refractivity contribution in [2.24, 2.45) is 11.5 Å². The molecule has 0 saturated carbocycles. The minimum Gasteiger partial charge on any atom is -0.481 e. The molecule has 4 amide bonds. The zero-order chi connectivity index (χ0) is 31.5. The summed E-state index contributed by atoms with van der Waals surface area (Å²) in [4.78, 5) is 83.6. The van der Waals surface area contributed by atoms with Gasteiger partial charge < -0.3 is 47.6 Å². The average Bonchev–Trinajstić information content (AvgIpc) is 3.62. The Morgan fingerprint density at radius 2 is 1.49 bits per heavy atom. The van der Waals surface area contributed by atoms with Gasteiger partial charge in [0.2, 0.25) is 23.6 Å². The lowest BCUT2D eigenvalue weighted by molar-refractivity contribution is -0.143. The SMILES string of the molecule is NC(=O)CCC(NC(=O)C(N)Cc1cnc[nH]1)C(=O)NC(Cc1c[nH]c2ccccc12)C(=O)NC(CCC(=O)O)C(=O)O. The first kappa shape index (κ1) is 32.3. The molecule has 3 aromatic rings. The van der Waals surface area contributed by atoms with E-state index in [4.69, 9.17) is 16.6 Å². The zero-order valence-corrected chi connectivity index (χ0v) is 23.0.